The highest BCUT2D eigenvalue weighted by atomic mass is 16.5. The first-order valence-electron chi connectivity index (χ1n) is 8.18. The Morgan fingerprint density at radius 2 is 1.67 bits per heavy atom. The van der Waals surface area contributed by atoms with Crippen molar-refractivity contribution in [3.05, 3.63) is 0 Å². The van der Waals surface area contributed by atoms with Gasteiger partial charge in [-0.3, -0.25) is 9.59 Å². The first-order chi connectivity index (χ1) is 10.2. The van der Waals surface area contributed by atoms with Crippen molar-refractivity contribution in [3.63, 3.8) is 0 Å². The third-order valence-electron chi connectivity index (χ3n) is 4.63. The Bertz CT molecular complexity index is 344. The van der Waals surface area contributed by atoms with Crippen LogP contribution < -0.4 is 5.32 Å². The molecule has 0 aromatic rings. The second kappa shape index (κ2) is 8.37. The summed E-state index contributed by atoms with van der Waals surface area (Å²) in [6, 6.07) is 0.338. The first kappa shape index (κ1) is 16.3. The van der Waals surface area contributed by atoms with E-state index in [1.165, 1.54) is 26.4 Å². The molecule has 120 valence electrons. The van der Waals surface area contributed by atoms with Gasteiger partial charge in [-0.2, -0.15) is 0 Å². The lowest BCUT2D eigenvalue weighted by atomic mass is 9.87. The maximum atomic E-state index is 11.9. The van der Waals surface area contributed by atoms with Crippen molar-refractivity contribution >= 4 is 11.9 Å². The van der Waals surface area contributed by atoms with Crippen LogP contribution in [0.2, 0.25) is 0 Å². The van der Waals surface area contributed by atoms with Crippen LogP contribution in [0.5, 0.6) is 0 Å². The number of ether oxygens (including phenoxy) is 2. The van der Waals surface area contributed by atoms with Crippen molar-refractivity contribution < 1.29 is 19.1 Å². The fourth-order valence-corrected chi connectivity index (χ4v) is 3.34. The lowest BCUT2D eigenvalue weighted by Crippen LogP contribution is -2.39. The number of carbonyl (C=O) groups excluding carboxylic acids is 2. The molecule has 0 aromatic heterocycles. The zero-order valence-corrected chi connectivity index (χ0v) is 12.9. The van der Waals surface area contributed by atoms with E-state index in [0.29, 0.717) is 6.04 Å². The molecule has 0 aliphatic heterocycles. The molecule has 5 heteroatoms. The summed E-state index contributed by atoms with van der Waals surface area (Å²) in [6.45, 7) is 0.143. The van der Waals surface area contributed by atoms with Crippen LogP contribution >= 0.6 is 0 Å². The Morgan fingerprint density at radius 1 is 1.00 bits per heavy atom. The molecule has 0 heterocycles. The van der Waals surface area contributed by atoms with E-state index in [9.17, 15) is 9.59 Å². The van der Waals surface area contributed by atoms with Crippen molar-refractivity contribution in [1.29, 1.82) is 0 Å². The van der Waals surface area contributed by atoms with Gasteiger partial charge in [0.15, 0.2) is 0 Å². The van der Waals surface area contributed by atoms with Crippen LogP contribution in [0.25, 0.3) is 0 Å². The Kier molecular flexibility index (Phi) is 6.49. The van der Waals surface area contributed by atoms with E-state index >= 15 is 0 Å². The largest absolute Gasteiger partial charge is 0.469 e. The smallest absolute Gasteiger partial charge is 0.308 e. The summed E-state index contributed by atoms with van der Waals surface area (Å²) in [5.74, 6) is -0.119. The lowest BCUT2D eigenvalue weighted by Gasteiger charge is -2.27. The molecule has 2 rings (SSSR count). The van der Waals surface area contributed by atoms with Crippen LogP contribution in [-0.2, 0) is 19.1 Å². The molecule has 0 saturated heterocycles. The molecule has 0 radical (unpaired) electrons. The maximum absolute atomic E-state index is 11.9. The van der Waals surface area contributed by atoms with Crippen molar-refractivity contribution in [2.45, 2.75) is 69.9 Å². The van der Waals surface area contributed by atoms with Crippen molar-refractivity contribution in [2.24, 2.45) is 5.92 Å². The van der Waals surface area contributed by atoms with Crippen LogP contribution in [0.1, 0.15) is 57.8 Å². The quantitative estimate of drug-likeness (QED) is 0.790. The number of hydrogen-bond donors (Lipinski definition) is 1. The van der Waals surface area contributed by atoms with Crippen LogP contribution in [0.4, 0.5) is 0 Å². The zero-order valence-electron chi connectivity index (χ0n) is 12.9. The van der Waals surface area contributed by atoms with Crippen molar-refractivity contribution in [2.75, 3.05) is 13.7 Å². The van der Waals surface area contributed by atoms with Crippen LogP contribution in [0.3, 0.4) is 0 Å². The second-order valence-electron chi connectivity index (χ2n) is 6.21. The Balaban J connectivity index is 1.60. The molecule has 0 unspecified atom stereocenters. The van der Waals surface area contributed by atoms with Gasteiger partial charge in [0, 0.05) is 6.04 Å². The van der Waals surface area contributed by atoms with Crippen LogP contribution in [0.15, 0.2) is 0 Å². The maximum Gasteiger partial charge on any atom is 0.308 e. The lowest BCUT2D eigenvalue weighted by molar-refractivity contribution is -0.148. The van der Waals surface area contributed by atoms with E-state index in [4.69, 9.17) is 9.47 Å². The monoisotopic (exact) mass is 297 g/mol. The highest BCUT2D eigenvalue weighted by Crippen LogP contribution is 2.27. The highest BCUT2D eigenvalue weighted by molar-refractivity contribution is 5.77. The molecule has 2 saturated carbocycles. The predicted molar refractivity (Wildman–Crippen MR) is 78.7 cm³/mol. The number of amides is 1. The molecular formula is C16H27NO4. The number of nitrogens with one attached hydrogen (secondary N) is 1. The Labute approximate surface area is 126 Å². The fourth-order valence-electron chi connectivity index (χ4n) is 3.34. The summed E-state index contributed by atoms with van der Waals surface area (Å²) in [5.41, 5.74) is 0. The topological polar surface area (TPSA) is 64.6 Å². The molecule has 5 nitrogen and oxygen atoms in total. The third-order valence-corrected chi connectivity index (χ3v) is 4.63. The molecule has 2 aliphatic rings. The van der Waals surface area contributed by atoms with E-state index in [1.54, 1.807) is 0 Å². The molecule has 0 aromatic carbocycles. The van der Waals surface area contributed by atoms with Gasteiger partial charge in [-0.25, -0.2) is 0 Å². The number of methoxy groups -OCH3 is 1. The minimum Gasteiger partial charge on any atom is -0.469 e. The van der Waals surface area contributed by atoms with Gasteiger partial charge < -0.3 is 14.8 Å². The molecular weight excluding hydrogens is 270 g/mol. The second-order valence-corrected chi connectivity index (χ2v) is 6.21. The van der Waals surface area contributed by atoms with Gasteiger partial charge in [0.2, 0.25) is 5.91 Å². The van der Waals surface area contributed by atoms with Gasteiger partial charge >= 0.3 is 5.97 Å². The van der Waals surface area contributed by atoms with E-state index < -0.39 is 0 Å². The van der Waals surface area contributed by atoms with E-state index in [-0.39, 0.29) is 30.5 Å². The molecule has 0 atom stereocenters. The number of hydrogen-bond acceptors (Lipinski definition) is 4. The van der Waals surface area contributed by atoms with Gasteiger partial charge in [-0.15, -0.1) is 0 Å². The summed E-state index contributed by atoms with van der Waals surface area (Å²) < 4.78 is 10.4. The standard InChI is InChI=1S/C16H27NO4/c1-20-16(19)12-7-9-14(10-8-12)21-11-15(18)17-13-5-3-2-4-6-13/h12-14H,2-11H2,1H3,(H,17,18). The van der Waals surface area contributed by atoms with E-state index in [0.717, 1.165) is 38.5 Å². The minimum atomic E-state index is -0.122. The fraction of sp³-hybridized carbons (Fsp3) is 0.875. The van der Waals surface area contributed by atoms with Crippen LogP contribution in [0, 0.1) is 5.92 Å². The molecule has 1 N–H and O–H groups in total. The SMILES string of the molecule is COC(=O)C1CCC(OCC(=O)NC2CCCCC2)CC1. The van der Waals surface area contributed by atoms with Gasteiger partial charge in [0.05, 0.1) is 19.1 Å². The molecule has 0 spiro atoms. The molecule has 2 aliphatic carbocycles. The molecule has 1 amide bonds. The van der Waals surface area contributed by atoms with Gasteiger partial charge in [-0.05, 0) is 38.5 Å². The average molecular weight is 297 g/mol. The number of rotatable bonds is 5. The zero-order chi connectivity index (χ0) is 15.1. The van der Waals surface area contributed by atoms with E-state index in [1.807, 2.05) is 0 Å². The predicted octanol–water partition coefficient (Wildman–Crippen LogP) is 2.18. The van der Waals surface area contributed by atoms with Crippen LogP contribution in [-0.4, -0.2) is 37.7 Å². The minimum absolute atomic E-state index is 0.00279. The van der Waals surface area contributed by atoms with Gasteiger partial charge in [-0.1, -0.05) is 19.3 Å². The number of esters is 1. The summed E-state index contributed by atoms with van der Waals surface area (Å²) in [7, 11) is 1.43. The van der Waals surface area contributed by atoms with Crippen molar-refractivity contribution in [3.8, 4) is 0 Å². The molecule has 0 bridgehead atoms. The Morgan fingerprint density at radius 3 is 2.29 bits per heavy atom. The third kappa shape index (κ3) is 5.30. The Hall–Kier alpha value is -1.10. The summed E-state index contributed by atoms with van der Waals surface area (Å²) in [5, 5.41) is 3.06. The average Bonchev–Trinajstić information content (AvgIpc) is 2.53. The molecule has 2 fully saturated rings. The van der Waals surface area contributed by atoms with Gasteiger partial charge in [0.25, 0.3) is 0 Å². The summed E-state index contributed by atoms with van der Waals surface area (Å²) >= 11 is 0. The van der Waals surface area contributed by atoms with E-state index in [2.05, 4.69) is 5.32 Å². The molecule has 21 heavy (non-hydrogen) atoms. The van der Waals surface area contributed by atoms with Gasteiger partial charge in [0.1, 0.15) is 6.61 Å². The van der Waals surface area contributed by atoms with Crippen molar-refractivity contribution in [1.82, 2.24) is 5.32 Å². The summed E-state index contributed by atoms with van der Waals surface area (Å²) in [6.07, 6.45) is 9.24. The highest BCUT2D eigenvalue weighted by Gasteiger charge is 2.27. The number of carbonyl (C=O) groups is 2. The first-order valence-corrected chi connectivity index (χ1v) is 8.18. The summed E-state index contributed by atoms with van der Waals surface area (Å²) in [4.78, 5) is 23.3. The normalized spacial score (nSPS) is 27.1.